The van der Waals surface area contributed by atoms with E-state index in [-0.39, 0.29) is 5.82 Å². The van der Waals surface area contributed by atoms with Crippen molar-refractivity contribution in [2.24, 2.45) is 0 Å². The van der Waals surface area contributed by atoms with Crippen LogP contribution in [0.2, 0.25) is 0 Å². The summed E-state index contributed by atoms with van der Waals surface area (Å²) in [6, 6.07) is 6.63. The number of hydrogen-bond donors (Lipinski definition) is 0. The molecule has 0 fully saturated rings. The van der Waals surface area contributed by atoms with Crippen LogP contribution in [0.5, 0.6) is 0 Å². The molecule has 0 saturated heterocycles. The van der Waals surface area contributed by atoms with Gasteiger partial charge in [-0.1, -0.05) is 63.3 Å². The number of unbranched alkanes of at least 4 members (excludes halogenated alkanes) is 6. The van der Waals surface area contributed by atoms with Gasteiger partial charge in [-0.25, -0.2) is 4.39 Å². The summed E-state index contributed by atoms with van der Waals surface area (Å²) in [7, 11) is 0. The molecule has 1 aromatic rings. The Morgan fingerprint density at radius 1 is 0.941 bits per heavy atom. The molecule has 17 heavy (non-hydrogen) atoms. The number of hydrogen-bond acceptors (Lipinski definition) is 0. The lowest BCUT2D eigenvalue weighted by molar-refractivity contribution is 0.611. The van der Waals surface area contributed by atoms with Crippen LogP contribution < -0.4 is 0 Å². The quantitative estimate of drug-likeness (QED) is 0.514. The summed E-state index contributed by atoms with van der Waals surface area (Å²) in [6.07, 6.45) is 13.4. The third-order valence-corrected chi connectivity index (χ3v) is 2.90. The highest BCUT2D eigenvalue weighted by atomic mass is 19.1. The molecule has 0 aliphatic heterocycles. The normalized spacial score (nSPS) is 11.2. The highest BCUT2D eigenvalue weighted by Gasteiger charge is 1.90. The zero-order valence-corrected chi connectivity index (χ0v) is 10.8. The molecular formula is C16H23F. The summed E-state index contributed by atoms with van der Waals surface area (Å²) in [5.41, 5.74) is 1.08. The van der Waals surface area contributed by atoms with Crippen molar-refractivity contribution in [1.82, 2.24) is 0 Å². The maximum Gasteiger partial charge on any atom is 0.123 e. The SMILES string of the molecule is CCCCCCCC/C=C/c1ccc(F)cc1. The van der Waals surface area contributed by atoms with Crippen molar-refractivity contribution in [3.8, 4) is 0 Å². The Hall–Kier alpha value is -1.11. The van der Waals surface area contributed by atoms with Crippen molar-refractivity contribution in [3.05, 3.63) is 41.7 Å². The largest absolute Gasteiger partial charge is 0.207 e. The smallest absolute Gasteiger partial charge is 0.123 e. The zero-order valence-electron chi connectivity index (χ0n) is 10.8. The van der Waals surface area contributed by atoms with E-state index in [9.17, 15) is 4.39 Å². The predicted octanol–water partition coefficient (Wildman–Crippen LogP) is 5.59. The van der Waals surface area contributed by atoms with Crippen molar-refractivity contribution in [1.29, 1.82) is 0 Å². The maximum absolute atomic E-state index is 12.7. The van der Waals surface area contributed by atoms with E-state index in [0.29, 0.717) is 0 Å². The van der Waals surface area contributed by atoms with E-state index in [2.05, 4.69) is 19.1 Å². The molecule has 0 bridgehead atoms. The van der Waals surface area contributed by atoms with Crippen LogP contribution in [0.1, 0.15) is 57.4 Å². The Kier molecular flexibility index (Phi) is 7.37. The van der Waals surface area contributed by atoms with Gasteiger partial charge in [-0.05, 0) is 30.5 Å². The molecule has 1 rings (SSSR count). The van der Waals surface area contributed by atoms with Crippen LogP contribution in [0.4, 0.5) is 4.39 Å². The molecule has 94 valence electrons. The summed E-state index contributed by atoms with van der Waals surface area (Å²) in [4.78, 5) is 0. The molecule has 0 amide bonds. The maximum atomic E-state index is 12.7. The Morgan fingerprint density at radius 3 is 2.29 bits per heavy atom. The highest BCUT2D eigenvalue weighted by Crippen LogP contribution is 2.09. The molecule has 0 atom stereocenters. The van der Waals surface area contributed by atoms with E-state index in [0.717, 1.165) is 12.0 Å². The second-order valence-electron chi connectivity index (χ2n) is 4.51. The lowest BCUT2D eigenvalue weighted by Crippen LogP contribution is -1.78. The molecule has 0 nitrogen and oxygen atoms in total. The monoisotopic (exact) mass is 234 g/mol. The minimum atomic E-state index is -0.168. The second kappa shape index (κ2) is 8.98. The van der Waals surface area contributed by atoms with E-state index in [4.69, 9.17) is 0 Å². The van der Waals surface area contributed by atoms with Gasteiger partial charge < -0.3 is 0 Å². The van der Waals surface area contributed by atoms with Crippen molar-refractivity contribution >= 4 is 6.08 Å². The summed E-state index contributed by atoms with van der Waals surface area (Å²) in [6.45, 7) is 2.24. The van der Waals surface area contributed by atoms with Crippen LogP contribution in [0.3, 0.4) is 0 Å². The first-order chi connectivity index (χ1) is 8.33. The Labute approximate surface area is 105 Å². The van der Waals surface area contributed by atoms with Crippen LogP contribution in [0.15, 0.2) is 30.3 Å². The fourth-order valence-corrected chi connectivity index (χ4v) is 1.84. The summed E-state index contributed by atoms with van der Waals surface area (Å²) in [5, 5.41) is 0. The molecule has 0 saturated carbocycles. The molecule has 0 aromatic heterocycles. The van der Waals surface area contributed by atoms with E-state index in [1.165, 1.54) is 50.7 Å². The third kappa shape index (κ3) is 6.93. The fourth-order valence-electron chi connectivity index (χ4n) is 1.84. The Morgan fingerprint density at radius 2 is 1.59 bits per heavy atom. The minimum absolute atomic E-state index is 0.168. The molecule has 0 spiro atoms. The van der Waals surface area contributed by atoms with Gasteiger partial charge in [-0.2, -0.15) is 0 Å². The van der Waals surface area contributed by atoms with Gasteiger partial charge in [0, 0.05) is 0 Å². The first-order valence-corrected chi connectivity index (χ1v) is 6.75. The second-order valence-corrected chi connectivity index (χ2v) is 4.51. The number of benzene rings is 1. The zero-order chi connectivity index (χ0) is 12.3. The Balaban J connectivity index is 2.08. The van der Waals surface area contributed by atoms with Crippen molar-refractivity contribution in [2.75, 3.05) is 0 Å². The molecule has 1 aromatic carbocycles. The van der Waals surface area contributed by atoms with Crippen LogP contribution >= 0.6 is 0 Å². The average Bonchev–Trinajstić information content (AvgIpc) is 2.35. The van der Waals surface area contributed by atoms with Gasteiger partial charge in [0.1, 0.15) is 5.82 Å². The van der Waals surface area contributed by atoms with Gasteiger partial charge >= 0.3 is 0 Å². The average molecular weight is 234 g/mol. The lowest BCUT2D eigenvalue weighted by Gasteiger charge is -1.98. The molecule has 0 aliphatic carbocycles. The molecular weight excluding hydrogens is 211 g/mol. The molecule has 0 N–H and O–H groups in total. The van der Waals surface area contributed by atoms with Gasteiger partial charge in [0.05, 0.1) is 0 Å². The number of allylic oxidation sites excluding steroid dienone is 1. The van der Waals surface area contributed by atoms with Gasteiger partial charge in [0.15, 0.2) is 0 Å². The van der Waals surface area contributed by atoms with Gasteiger partial charge in [-0.3, -0.25) is 0 Å². The standard InChI is InChI=1S/C16H23F/c1-2-3-4-5-6-7-8-9-10-15-11-13-16(17)14-12-15/h9-14H,2-8H2,1H3/b10-9+. The van der Waals surface area contributed by atoms with Gasteiger partial charge in [-0.15, -0.1) is 0 Å². The molecule has 0 aliphatic rings. The van der Waals surface area contributed by atoms with Gasteiger partial charge in [0.25, 0.3) is 0 Å². The van der Waals surface area contributed by atoms with Crippen molar-refractivity contribution in [2.45, 2.75) is 51.9 Å². The number of halogens is 1. The van der Waals surface area contributed by atoms with E-state index >= 15 is 0 Å². The van der Waals surface area contributed by atoms with Crippen molar-refractivity contribution < 1.29 is 4.39 Å². The minimum Gasteiger partial charge on any atom is -0.207 e. The van der Waals surface area contributed by atoms with E-state index in [1.807, 2.05) is 12.1 Å². The van der Waals surface area contributed by atoms with Gasteiger partial charge in [0.2, 0.25) is 0 Å². The van der Waals surface area contributed by atoms with E-state index < -0.39 is 0 Å². The lowest BCUT2D eigenvalue weighted by atomic mass is 10.1. The molecule has 0 radical (unpaired) electrons. The molecule has 1 heteroatoms. The van der Waals surface area contributed by atoms with Crippen LogP contribution in [0.25, 0.3) is 6.08 Å². The highest BCUT2D eigenvalue weighted by molar-refractivity contribution is 5.48. The summed E-state index contributed by atoms with van der Waals surface area (Å²) < 4.78 is 12.7. The third-order valence-electron chi connectivity index (χ3n) is 2.90. The molecule has 0 unspecified atom stereocenters. The van der Waals surface area contributed by atoms with Crippen LogP contribution in [0, 0.1) is 5.82 Å². The first kappa shape index (κ1) is 14.0. The summed E-state index contributed by atoms with van der Waals surface area (Å²) in [5.74, 6) is -0.168. The fraction of sp³-hybridized carbons (Fsp3) is 0.500. The Bertz CT molecular complexity index is 311. The predicted molar refractivity (Wildman–Crippen MR) is 73.4 cm³/mol. The summed E-state index contributed by atoms with van der Waals surface area (Å²) >= 11 is 0. The number of rotatable bonds is 8. The van der Waals surface area contributed by atoms with Crippen molar-refractivity contribution in [3.63, 3.8) is 0 Å². The first-order valence-electron chi connectivity index (χ1n) is 6.75. The van der Waals surface area contributed by atoms with E-state index in [1.54, 1.807) is 0 Å². The molecule has 0 heterocycles. The topological polar surface area (TPSA) is 0 Å². The van der Waals surface area contributed by atoms with Crippen LogP contribution in [-0.4, -0.2) is 0 Å². The van der Waals surface area contributed by atoms with Crippen LogP contribution in [-0.2, 0) is 0 Å².